The molecule has 0 aliphatic carbocycles. The van der Waals surface area contributed by atoms with E-state index in [2.05, 4.69) is 10.2 Å². The average molecular weight is 654 g/mol. The number of halogens is 6. The van der Waals surface area contributed by atoms with Crippen LogP contribution in [0, 0.1) is 5.41 Å². The van der Waals surface area contributed by atoms with Crippen molar-refractivity contribution in [3.05, 3.63) is 57.0 Å². The predicted molar refractivity (Wildman–Crippen MR) is 138 cm³/mol. The summed E-state index contributed by atoms with van der Waals surface area (Å²) in [5, 5.41) is 23.4. The second-order valence-corrected chi connectivity index (χ2v) is 10.3. The molecule has 1 atom stereocenters. The number of ether oxygens (including phenoxy) is 1. The maximum absolute atomic E-state index is 12.7. The van der Waals surface area contributed by atoms with E-state index in [0.29, 0.717) is 24.3 Å². The SMILES string of the molecule is N=C(N)NOCCCOc1ccc(C[C@H](NS(=O)(=O)c2cc(Cl)c(Cl)cc2Cl)C(=O)O)cc1.O=C(O)C(F)(F)F. The van der Waals surface area contributed by atoms with E-state index >= 15 is 0 Å². The number of hydrogen-bond acceptors (Lipinski definition) is 7. The Labute approximate surface area is 240 Å². The minimum atomic E-state index is -5.08. The molecule has 0 bridgehead atoms. The highest BCUT2D eigenvalue weighted by Gasteiger charge is 2.38. The molecule has 222 valence electrons. The van der Waals surface area contributed by atoms with E-state index in [1.807, 2.05) is 0 Å². The van der Waals surface area contributed by atoms with Gasteiger partial charge in [0, 0.05) is 6.42 Å². The molecule has 2 aromatic carbocycles. The van der Waals surface area contributed by atoms with Crippen molar-refractivity contribution < 1.29 is 51.0 Å². The maximum atomic E-state index is 12.7. The van der Waals surface area contributed by atoms with Gasteiger partial charge in [0.2, 0.25) is 16.0 Å². The van der Waals surface area contributed by atoms with E-state index in [1.165, 1.54) is 6.07 Å². The Kier molecular flexibility index (Phi) is 13.7. The summed E-state index contributed by atoms with van der Waals surface area (Å²) in [5.74, 6) is -3.89. The van der Waals surface area contributed by atoms with Crippen LogP contribution in [-0.4, -0.2) is 62.0 Å². The Morgan fingerprint density at radius 1 is 1.02 bits per heavy atom. The van der Waals surface area contributed by atoms with E-state index in [9.17, 15) is 31.5 Å². The fourth-order valence-corrected chi connectivity index (χ4v) is 4.74. The van der Waals surface area contributed by atoms with Crippen LogP contribution in [0.2, 0.25) is 15.1 Å². The van der Waals surface area contributed by atoms with Gasteiger partial charge >= 0.3 is 18.1 Å². The van der Waals surface area contributed by atoms with Crippen LogP contribution in [0.25, 0.3) is 0 Å². The Hall–Kier alpha value is -3.02. The smallest absolute Gasteiger partial charge is 0.490 e. The summed E-state index contributed by atoms with van der Waals surface area (Å²) >= 11 is 17.7. The highest BCUT2D eigenvalue weighted by atomic mass is 35.5. The third kappa shape index (κ3) is 12.4. The van der Waals surface area contributed by atoms with Crippen LogP contribution in [-0.2, 0) is 30.9 Å². The molecule has 0 saturated carbocycles. The monoisotopic (exact) mass is 652 g/mol. The van der Waals surface area contributed by atoms with Gasteiger partial charge in [0.15, 0.2) is 0 Å². The lowest BCUT2D eigenvalue weighted by Gasteiger charge is -2.16. The molecule has 19 heteroatoms. The normalized spacial score (nSPS) is 12.1. The van der Waals surface area contributed by atoms with Crippen LogP contribution in [0.4, 0.5) is 13.2 Å². The Morgan fingerprint density at radius 2 is 1.57 bits per heavy atom. The second-order valence-electron chi connectivity index (χ2n) is 7.43. The van der Waals surface area contributed by atoms with Crippen molar-refractivity contribution >= 4 is 62.7 Å². The van der Waals surface area contributed by atoms with Crippen LogP contribution in [0.5, 0.6) is 5.75 Å². The van der Waals surface area contributed by atoms with Gasteiger partial charge in [0.05, 0.1) is 28.3 Å². The molecular formula is C21H22Cl3F3N4O8S. The number of hydroxylamine groups is 1. The number of carboxylic acids is 2. The number of guanidine groups is 1. The number of hydrogen-bond donors (Lipinski definition) is 6. The first kappa shape index (κ1) is 35.0. The van der Waals surface area contributed by atoms with Crippen molar-refractivity contribution in [1.82, 2.24) is 10.2 Å². The molecule has 40 heavy (non-hydrogen) atoms. The van der Waals surface area contributed by atoms with Crippen LogP contribution < -0.4 is 20.7 Å². The van der Waals surface area contributed by atoms with Crippen LogP contribution in [0.1, 0.15) is 12.0 Å². The van der Waals surface area contributed by atoms with E-state index in [4.69, 9.17) is 65.4 Å². The summed E-state index contributed by atoms with van der Waals surface area (Å²) in [7, 11) is -4.30. The summed E-state index contributed by atoms with van der Waals surface area (Å²) in [6, 6.07) is 7.28. The maximum Gasteiger partial charge on any atom is 0.490 e. The minimum Gasteiger partial charge on any atom is -0.494 e. The van der Waals surface area contributed by atoms with Crippen molar-refractivity contribution in [3.8, 4) is 5.75 Å². The largest absolute Gasteiger partial charge is 0.494 e. The van der Waals surface area contributed by atoms with Gasteiger partial charge in [0.25, 0.3) is 0 Å². The van der Waals surface area contributed by atoms with Crippen molar-refractivity contribution in [1.29, 1.82) is 5.41 Å². The average Bonchev–Trinajstić information content (AvgIpc) is 2.83. The number of carboxylic acid groups (broad SMARTS) is 2. The van der Waals surface area contributed by atoms with Gasteiger partial charge in [-0.3, -0.25) is 15.0 Å². The number of alkyl halides is 3. The minimum absolute atomic E-state index is 0.0365. The van der Waals surface area contributed by atoms with Gasteiger partial charge < -0.3 is 20.7 Å². The lowest BCUT2D eigenvalue weighted by Crippen LogP contribution is -2.42. The first-order chi connectivity index (χ1) is 18.4. The molecule has 7 N–H and O–H groups in total. The zero-order valence-corrected chi connectivity index (χ0v) is 23.1. The van der Waals surface area contributed by atoms with E-state index < -0.39 is 34.2 Å². The molecule has 0 fully saturated rings. The predicted octanol–water partition coefficient (Wildman–Crippen LogP) is 3.44. The molecule has 0 aliphatic rings. The number of benzene rings is 2. The number of nitrogens with two attached hydrogens (primary N) is 1. The summed E-state index contributed by atoms with van der Waals surface area (Å²) in [5.41, 5.74) is 7.84. The number of rotatable bonds is 12. The standard InChI is InChI=1S/C19H21Cl3N4O6S.C2HF3O2/c20-13-9-15(22)17(10-14(13)21)33(29,30)26-16(18(27)28)8-11-2-4-12(5-3-11)31-6-1-7-32-25-19(23)24;3-2(4,5)1(6)7/h2-5,9-10,16,26H,1,6-8H2,(H,27,28)(H4,23,24,25);(H,6,7)/t16-;/m0./s1. The van der Waals surface area contributed by atoms with Gasteiger partial charge in [-0.1, -0.05) is 46.9 Å². The highest BCUT2D eigenvalue weighted by Crippen LogP contribution is 2.31. The molecule has 0 aromatic heterocycles. The zero-order chi connectivity index (χ0) is 30.7. The molecule has 0 amide bonds. The van der Waals surface area contributed by atoms with Crippen LogP contribution in [0.3, 0.4) is 0 Å². The molecular weight excluding hydrogens is 632 g/mol. The van der Waals surface area contributed by atoms with Crippen molar-refractivity contribution in [2.24, 2.45) is 5.73 Å². The topological polar surface area (TPSA) is 201 Å². The zero-order valence-electron chi connectivity index (χ0n) is 20.0. The van der Waals surface area contributed by atoms with E-state index in [0.717, 1.165) is 6.07 Å². The summed E-state index contributed by atoms with van der Waals surface area (Å²) in [4.78, 5) is 25.1. The van der Waals surface area contributed by atoms with E-state index in [1.54, 1.807) is 24.3 Å². The quantitative estimate of drug-likeness (QED) is 0.0648. The lowest BCUT2D eigenvalue weighted by atomic mass is 10.1. The number of sulfonamides is 1. The molecule has 0 heterocycles. The van der Waals surface area contributed by atoms with Gasteiger partial charge in [0.1, 0.15) is 16.7 Å². The van der Waals surface area contributed by atoms with Crippen LogP contribution in [0.15, 0.2) is 41.3 Å². The van der Waals surface area contributed by atoms with Gasteiger partial charge in [-0.25, -0.2) is 18.7 Å². The van der Waals surface area contributed by atoms with Crippen molar-refractivity contribution in [2.45, 2.75) is 30.0 Å². The highest BCUT2D eigenvalue weighted by molar-refractivity contribution is 7.89. The Bertz CT molecular complexity index is 1300. The number of carbonyl (C=O) groups is 2. The lowest BCUT2D eigenvalue weighted by molar-refractivity contribution is -0.192. The first-order valence-corrected chi connectivity index (χ1v) is 13.2. The summed E-state index contributed by atoms with van der Waals surface area (Å²) in [6.45, 7) is 0.613. The molecule has 12 nitrogen and oxygen atoms in total. The summed E-state index contributed by atoms with van der Waals surface area (Å²) < 4.78 is 64.8. The molecule has 2 aromatic rings. The van der Waals surface area contributed by atoms with Gasteiger partial charge in [-0.05, 0) is 36.2 Å². The molecule has 0 unspecified atom stereocenters. The third-order valence-corrected chi connectivity index (χ3v) is 6.97. The molecule has 0 radical (unpaired) electrons. The molecule has 0 spiro atoms. The second kappa shape index (κ2) is 15.7. The van der Waals surface area contributed by atoms with E-state index in [-0.39, 0.29) is 39.0 Å². The first-order valence-electron chi connectivity index (χ1n) is 10.6. The Morgan fingerprint density at radius 3 is 2.08 bits per heavy atom. The molecule has 2 rings (SSSR count). The Balaban J connectivity index is 0.00000101. The van der Waals surface area contributed by atoms with Gasteiger partial charge in [-0.15, -0.1) is 0 Å². The van der Waals surface area contributed by atoms with Crippen LogP contribution >= 0.6 is 34.8 Å². The van der Waals surface area contributed by atoms with Gasteiger partial charge in [-0.2, -0.15) is 17.9 Å². The third-order valence-electron chi connectivity index (χ3n) is 4.31. The number of nitrogens with one attached hydrogen (secondary N) is 3. The molecule has 0 aliphatic heterocycles. The fraction of sp³-hybridized carbons (Fsp3) is 0.286. The number of aliphatic carboxylic acids is 2. The van der Waals surface area contributed by atoms with Crippen molar-refractivity contribution in [3.63, 3.8) is 0 Å². The van der Waals surface area contributed by atoms with Crippen molar-refractivity contribution in [2.75, 3.05) is 13.2 Å². The fourth-order valence-electron chi connectivity index (χ4n) is 2.55. The summed E-state index contributed by atoms with van der Waals surface area (Å²) in [6.07, 6.45) is -4.68. The molecule has 0 saturated heterocycles.